The van der Waals surface area contributed by atoms with Gasteiger partial charge in [0.2, 0.25) is 0 Å². The Labute approximate surface area is 110 Å². The summed E-state index contributed by atoms with van der Waals surface area (Å²) in [5, 5.41) is 0. The van der Waals surface area contributed by atoms with E-state index in [-0.39, 0.29) is 5.97 Å². The second-order valence-corrected chi connectivity index (χ2v) is 4.55. The van der Waals surface area contributed by atoms with E-state index in [0.717, 1.165) is 25.9 Å². The molecule has 0 aliphatic rings. The molecule has 0 radical (unpaired) electrons. The van der Waals surface area contributed by atoms with Crippen LogP contribution in [0.3, 0.4) is 0 Å². The van der Waals surface area contributed by atoms with Gasteiger partial charge in [-0.1, -0.05) is 31.2 Å². The molecule has 0 heterocycles. The number of ether oxygens (including phenoxy) is 1. The van der Waals surface area contributed by atoms with Gasteiger partial charge in [0.25, 0.3) is 0 Å². The van der Waals surface area contributed by atoms with Crippen molar-refractivity contribution in [2.75, 3.05) is 27.2 Å². The van der Waals surface area contributed by atoms with Crippen molar-refractivity contribution in [3.8, 4) is 0 Å². The Morgan fingerprint density at radius 2 is 1.78 bits per heavy atom. The molecule has 0 atom stereocenters. The first-order valence-corrected chi connectivity index (χ1v) is 6.49. The Balaban J connectivity index is 2.28. The van der Waals surface area contributed by atoms with Crippen LogP contribution in [0, 0.1) is 0 Å². The fourth-order valence-corrected chi connectivity index (χ4v) is 1.76. The molecule has 0 spiro atoms. The predicted molar refractivity (Wildman–Crippen MR) is 73.7 cm³/mol. The molecule has 0 bridgehead atoms. The minimum atomic E-state index is -0.144. The average molecular weight is 249 g/mol. The summed E-state index contributed by atoms with van der Waals surface area (Å²) >= 11 is 0. The minimum Gasteiger partial charge on any atom is -0.469 e. The van der Waals surface area contributed by atoms with E-state index < -0.39 is 0 Å². The van der Waals surface area contributed by atoms with Crippen LogP contribution in [0.25, 0.3) is 0 Å². The number of rotatable bonds is 7. The molecule has 1 aromatic rings. The zero-order valence-corrected chi connectivity index (χ0v) is 11.6. The van der Waals surface area contributed by atoms with E-state index in [1.165, 1.54) is 18.2 Å². The van der Waals surface area contributed by atoms with Gasteiger partial charge in [-0.3, -0.25) is 4.79 Å². The molecule has 1 aromatic carbocycles. The summed E-state index contributed by atoms with van der Waals surface area (Å²) in [6.45, 7) is 3.87. The molecule has 0 aromatic heterocycles. The summed E-state index contributed by atoms with van der Waals surface area (Å²) in [5.41, 5.74) is 2.72. The monoisotopic (exact) mass is 249 g/mol. The molecular formula is C15H23NO2. The summed E-state index contributed by atoms with van der Waals surface area (Å²) in [4.78, 5) is 13.2. The number of nitrogens with zero attached hydrogens (tertiary/aromatic N) is 1. The lowest BCUT2D eigenvalue weighted by Gasteiger charge is -2.15. The molecule has 0 aliphatic carbocycles. The standard InChI is InChI=1S/C15H23NO2/c1-4-13-5-7-14(8-6-13)9-11-16(2)12-10-15(17)18-3/h5-8H,4,9-12H2,1-3H3. The molecule has 0 saturated carbocycles. The maximum absolute atomic E-state index is 11.0. The molecule has 0 saturated heterocycles. The second kappa shape index (κ2) is 7.88. The van der Waals surface area contributed by atoms with Crippen LogP contribution >= 0.6 is 0 Å². The first-order chi connectivity index (χ1) is 8.65. The summed E-state index contributed by atoms with van der Waals surface area (Å²) < 4.78 is 4.62. The SMILES string of the molecule is CCc1ccc(CCN(C)CCC(=O)OC)cc1. The van der Waals surface area contributed by atoms with Crippen molar-refractivity contribution in [2.24, 2.45) is 0 Å². The zero-order valence-electron chi connectivity index (χ0n) is 11.6. The van der Waals surface area contributed by atoms with E-state index in [0.29, 0.717) is 6.42 Å². The van der Waals surface area contributed by atoms with Crippen molar-refractivity contribution < 1.29 is 9.53 Å². The highest BCUT2D eigenvalue weighted by molar-refractivity contribution is 5.69. The van der Waals surface area contributed by atoms with Crippen molar-refractivity contribution in [3.63, 3.8) is 0 Å². The molecule has 3 heteroatoms. The van der Waals surface area contributed by atoms with Crippen LogP contribution in [0.5, 0.6) is 0 Å². The van der Waals surface area contributed by atoms with E-state index in [1.807, 2.05) is 7.05 Å². The Kier molecular flexibility index (Phi) is 6.44. The molecular weight excluding hydrogens is 226 g/mol. The maximum Gasteiger partial charge on any atom is 0.306 e. The number of benzene rings is 1. The van der Waals surface area contributed by atoms with Gasteiger partial charge >= 0.3 is 5.97 Å². The third-order valence-corrected chi connectivity index (χ3v) is 3.14. The smallest absolute Gasteiger partial charge is 0.306 e. The maximum atomic E-state index is 11.0. The van der Waals surface area contributed by atoms with Gasteiger partial charge in [0, 0.05) is 13.1 Å². The van der Waals surface area contributed by atoms with Crippen LogP contribution < -0.4 is 0 Å². The van der Waals surface area contributed by atoms with E-state index in [4.69, 9.17) is 0 Å². The first kappa shape index (κ1) is 14.7. The Morgan fingerprint density at radius 1 is 1.17 bits per heavy atom. The Bertz CT molecular complexity index is 359. The van der Waals surface area contributed by atoms with E-state index in [9.17, 15) is 4.79 Å². The number of esters is 1. The molecule has 1 rings (SSSR count). The number of methoxy groups -OCH3 is 1. The number of carbonyl (C=O) groups is 1. The van der Waals surface area contributed by atoms with Crippen molar-refractivity contribution >= 4 is 5.97 Å². The van der Waals surface area contributed by atoms with Gasteiger partial charge in [-0.2, -0.15) is 0 Å². The third kappa shape index (κ3) is 5.32. The van der Waals surface area contributed by atoms with Crippen LogP contribution in [-0.4, -0.2) is 38.1 Å². The Hall–Kier alpha value is -1.35. The Morgan fingerprint density at radius 3 is 2.33 bits per heavy atom. The molecule has 3 nitrogen and oxygen atoms in total. The largest absolute Gasteiger partial charge is 0.469 e. The van der Waals surface area contributed by atoms with Crippen molar-refractivity contribution in [2.45, 2.75) is 26.2 Å². The number of aryl methyl sites for hydroxylation is 1. The molecule has 0 amide bonds. The fourth-order valence-electron chi connectivity index (χ4n) is 1.76. The van der Waals surface area contributed by atoms with Gasteiger partial charge in [-0.15, -0.1) is 0 Å². The van der Waals surface area contributed by atoms with Crippen molar-refractivity contribution in [1.82, 2.24) is 4.90 Å². The molecule has 0 N–H and O–H groups in total. The van der Waals surface area contributed by atoms with Gasteiger partial charge in [-0.25, -0.2) is 0 Å². The highest BCUT2D eigenvalue weighted by Crippen LogP contribution is 2.06. The normalized spacial score (nSPS) is 10.7. The van der Waals surface area contributed by atoms with Gasteiger partial charge < -0.3 is 9.64 Å². The molecule has 0 aliphatic heterocycles. The van der Waals surface area contributed by atoms with Crippen LogP contribution in [0.4, 0.5) is 0 Å². The number of carbonyl (C=O) groups excluding carboxylic acids is 1. The van der Waals surface area contributed by atoms with Crippen LogP contribution in [0.15, 0.2) is 24.3 Å². The highest BCUT2D eigenvalue weighted by Gasteiger charge is 2.04. The van der Waals surface area contributed by atoms with Crippen molar-refractivity contribution in [1.29, 1.82) is 0 Å². The zero-order chi connectivity index (χ0) is 13.4. The topological polar surface area (TPSA) is 29.5 Å². The van der Waals surface area contributed by atoms with Gasteiger partial charge in [0.05, 0.1) is 13.5 Å². The molecule has 18 heavy (non-hydrogen) atoms. The quantitative estimate of drug-likeness (QED) is 0.694. The van der Waals surface area contributed by atoms with Gasteiger partial charge in [-0.05, 0) is 31.0 Å². The summed E-state index contributed by atoms with van der Waals surface area (Å²) in [5.74, 6) is -0.144. The first-order valence-electron chi connectivity index (χ1n) is 6.49. The van der Waals surface area contributed by atoms with Crippen molar-refractivity contribution in [3.05, 3.63) is 35.4 Å². The van der Waals surface area contributed by atoms with Crippen LogP contribution in [0.1, 0.15) is 24.5 Å². The lowest BCUT2D eigenvalue weighted by molar-refractivity contribution is -0.140. The molecule has 0 fully saturated rings. The van der Waals surface area contributed by atoms with Gasteiger partial charge in [0.1, 0.15) is 0 Å². The second-order valence-electron chi connectivity index (χ2n) is 4.55. The van der Waals surface area contributed by atoms with Gasteiger partial charge in [0.15, 0.2) is 0 Å². The number of hydrogen-bond donors (Lipinski definition) is 0. The number of likely N-dealkylation sites (N-methyl/N-ethyl adjacent to an activating group) is 1. The van der Waals surface area contributed by atoms with Crippen LogP contribution in [-0.2, 0) is 22.4 Å². The fraction of sp³-hybridized carbons (Fsp3) is 0.533. The van der Waals surface area contributed by atoms with E-state index in [1.54, 1.807) is 0 Å². The lowest BCUT2D eigenvalue weighted by Crippen LogP contribution is -2.24. The third-order valence-electron chi connectivity index (χ3n) is 3.14. The highest BCUT2D eigenvalue weighted by atomic mass is 16.5. The minimum absolute atomic E-state index is 0.144. The van der Waals surface area contributed by atoms with E-state index in [2.05, 4.69) is 40.8 Å². The molecule has 100 valence electrons. The summed E-state index contributed by atoms with van der Waals surface area (Å²) in [6, 6.07) is 8.74. The molecule has 0 unspecified atom stereocenters. The van der Waals surface area contributed by atoms with Crippen LogP contribution in [0.2, 0.25) is 0 Å². The lowest BCUT2D eigenvalue weighted by atomic mass is 10.1. The predicted octanol–water partition coefficient (Wildman–Crippen LogP) is 2.29. The average Bonchev–Trinajstić information content (AvgIpc) is 2.42. The van der Waals surface area contributed by atoms with E-state index >= 15 is 0 Å². The summed E-state index contributed by atoms with van der Waals surface area (Å²) in [6.07, 6.45) is 2.56. The number of hydrogen-bond acceptors (Lipinski definition) is 3. The summed E-state index contributed by atoms with van der Waals surface area (Å²) in [7, 11) is 3.46.